The zero-order valence-corrected chi connectivity index (χ0v) is 13.3. The number of fused-ring (bicyclic) bond motifs is 1. The van der Waals surface area contributed by atoms with Gasteiger partial charge < -0.3 is 10.2 Å². The lowest BCUT2D eigenvalue weighted by molar-refractivity contribution is -0.125. The van der Waals surface area contributed by atoms with E-state index in [-0.39, 0.29) is 17.9 Å². The van der Waals surface area contributed by atoms with Gasteiger partial charge in [-0.05, 0) is 53.5 Å². The van der Waals surface area contributed by atoms with Crippen LogP contribution in [0.2, 0.25) is 0 Å². The number of likely N-dealkylation sites (tertiary alicyclic amines) is 1. The first-order valence-electron chi connectivity index (χ1n) is 6.98. The number of hydrogen-bond donors (Lipinski definition) is 1. The summed E-state index contributed by atoms with van der Waals surface area (Å²) < 4.78 is 0.995. The second kappa shape index (κ2) is 5.71. The Morgan fingerprint density at radius 2 is 2.10 bits per heavy atom. The molecular weight excluding hydrogens is 367 g/mol. The molecule has 2 heterocycles. The van der Waals surface area contributed by atoms with E-state index >= 15 is 0 Å². The first-order chi connectivity index (χ1) is 9.65. The summed E-state index contributed by atoms with van der Waals surface area (Å²) >= 11 is 2.21. The Morgan fingerprint density at radius 1 is 1.30 bits per heavy atom. The summed E-state index contributed by atoms with van der Waals surface area (Å²) in [7, 11) is 0. The topological polar surface area (TPSA) is 49.4 Å². The van der Waals surface area contributed by atoms with Gasteiger partial charge in [0.2, 0.25) is 5.91 Å². The molecule has 1 N–H and O–H groups in total. The Hall–Kier alpha value is -1.11. The summed E-state index contributed by atoms with van der Waals surface area (Å²) in [5.41, 5.74) is 0.784. The predicted molar refractivity (Wildman–Crippen MR) is 84.3 cm³/mol. The van der Waals surface area contributed by atoms with Crippen LogP contribution >= 0.6 is 22.6 Å². The molecule has 1 aromatic carbocycles. The monoisotopic (exact) mass is 384 g/mol. The van der Waals surface area contributed by atoms with Gasteiger partial charge in [0.05, 0.1) is 5.56 Å². The van der Waals surface area contributed by atoms with Crippen molar-refractivity contribution in [2.45, 2.75) is 25.3 Å². The maximum Gasteiger partial charge on any atom is 0.254 e. The molecule has 20 heavy (non-hydrogen) atoms. The third kappa shape index (κ3) is 2.68. The number of amides is 2. The van der Waals surface area contributed by atoms with Crippen molar-refractivity contribution in [1.82, 2.24) is 10.2 Å². The third-order valence-electron chi connectivity index (χ3n) is 4.21. The number of halogens is 1. The van der Waals surface area contributed by atoms with Gasteiger partial charge in [-0.2, -0.15) is 0 Å². The van der Waals surface area contributed by atoms with Crippen LogP contribution in [0.1, 0.15) is 29.6 Å². The number of carbonyl (C=O) groups excluding carboxylic acids is 2. The SMILES string of the molecule is O=C1CCC2CN(C(=O)c3ccccc3I)CCC2N1. The van der Waals surface area contributed by atoms with Crippen molar-refractivity contribution < 1.29 is 9.59 Å². The standard InChI is InChI=1S/C15H17IN2O2/c16-12-4-2-1-3-11(12)15(20)18-8-7-13-10(9-18)5-6-14(19)17-13/h1-4,10,13H,5-9H2,(H,17,19). The lowest BCUT2D eigenvalue weighted by atomic mass is 9.85. The number of rotatable bonds is 1. The van der Waals surface area contributed by atoms with E-state index in [2.05, 4.69) is 27.9 Å². The molecule has 1 aromatic rings. The Bertz CT molecular complexity index is 546. The van der Waals surface area contributed by atoms with Crippen LogP contribution in [0.5, 0.6) is 0 Å². The molecule has 0 aliphatic carbocycles. The molecule has 0 bridgehead atoms. The molecule has 0 aromatic heterocycles. The van der Waals surface area contributed by atoms with E-state index < -0.39 is 0 Å². The van der Waals surface area contributed by atoms with Crippen LogP contribution in [-0.4, -0.2) is 35.8 Å². The fraction of sp³-hybridized carbons (Fsp3) is 0.467. The molecule has 0 radical (unpaired) electrons. The minimum atomic E-state index is 0.116. The second-order valence-electron chi connectivity index (χ2n) is 5.49. The van der Waals surface area contributed by atoms with E-state index in [0.717, 1.165) is 35.1 Å². The molecular formula is C15H17IN2O2. The van der Waals surface area contributed by atoms with Gasteiger partial charge in [0.25, 0.3) is 5.91 Å². The van der Waals surface area contributed by atoms with Crippen LogP contribution in [0, 0.1) is 9.49 Å². The normalized spacial score (nSPS) is 25.9. The number of carbonyl (C=O) groups is 2. The maximum atomic E-state index is 12.6. The number of benzene rings is 1. The van der Waals surface area contributed by atoms with Gasteiger partial charge >= 0.3 is 0 Å². The summed E-state index contributed by atoms with van der Waals surface area (Å²) in [5.74, 6) is 0.681. The van der Waals surface area contributed by atoms with Gasteiger partial charge in [-0.25, -0.2) is 0 Å². The van der Waals surface area contributed by atoms with Crippen molar-refractivity contribution in [3.8, 4) is 0 Å². The van der Waals surface area contributed by atoms with Crippen LogP contribution < -0.4 is 5.32 Å². The smallest absolute Gasteiger partial charge is 0.254 e. The first kappa shape index (κ1) is 13.9. The van der Waals surface area contributed by atoms with Gasteiger partial charge in [-0.15, -0.1) is 0 Å². The minimum Gasteiger partial charge on any atom is -0.353 e. The number of piperidine rings is 2. The Morgan fingerprint density at radius 3 is 2.90 bits per heavy atom. The number of nitrogens with one attached hydrogen (secondary N) is 1. The highest BCUT2D eigenvalue weighted by molar-refractivity contribution is 14.1. The first-order valence-corrected chi connectivity index (χ1v) is 8.06. The number of nitrogens with zero attached hydrogens (tertiary/aromatic N) is 1. The van der Waals surface area contributed by atoms with E-state index in [0.29, 0.717) is 12.3 Å². The molecule has 3 rings (SSSR count). The summed E-state index contributed by atoms with van der Waals surface area (Å²) in [6.07, 6.45) is 2.35. The molecule has 5 heteroatoms. The predicted octanol–water partition coefficient (Wildman–Crippen LogP) is 2.03. The van der Waals surface area contributed by atoms with Crippen LogP contribution in [0.4, 0.5) is 0 Å². The zero-order chi connectivity index (χ0) is 14.1. The fourth-order valence-corrected chi connectivity index (χ4v) is 3.72. The lowest BCUT2D eigenvalue weighted by Crippen LogP contribution is -2.55. The van der Waals surface area contributed by atoms with E-state index in [1.54, 1.807) is 0 Å². The highest BCUT2D eigenvalue weighted by Crippen LogP contribution is 2.26. The average Bonchev–Trinajstić information content (AvgIpc) is 2.46. The highest BCUT2D eigenvalue weighted by atomic mass is 127. The Balaban J connectivity index is 1.72. The van der Waals surface area contributed by atoms with Crippen LogP contribution in [0.25, 0.3) is 0 Å². The summed E-state index contributed by atoms with van der Waals surface area (Å²) in [4.78, 5) is 25.9. The zero-order valence-electron chi connectivity index (χ0n) is 11.1. The average molecular weight is 384 g/mol. The second-order valence-corrected chi connectivity index (χ2v) is 6.65. The fourth-order valence-electron chi connectivity index (χ4n) is 3.10. The van der Waals surface area contributed by atoms with E-state index in [1.165, 1.54) is 0 Å². The van der Waals surface area contributed by atoms with Crippen LogP contribution in [-0.2, 0) is 4.79 Å². The maximum absolute atomic E-state index is 12.6. The molecule has 106 valence electrons. The largest absolute Gasteiger partial charge is 0.353 e. The quantitative estimate of drug-likeness (QED) is 0.754. The van der Waals surface area contributed by atoms with Crippen molar-refractivity contribution in [2.75, 3.05) is 13.1 Å². The van der Waals surface area contributed by atoms with Crippen molar-refractivity contribution in [3.63, 3.8) is 0 Å². The summed E-state index contributed by atoms with van der Waals surface area (Å²) in [6.45, 7) is 1.49. The molecule has 4 nitrogen and oxygen atoms in total. The molecule has 2 aliphatic heterocycles. The molecule has 2 amide bonds. The Kier molecular flexibility index (Phi) is 3.96. The molecule has 2 atom stereocenters. The highest BCUT2D eigenvalue weighted by Gasteiger charge is 2.35. The molecule has 0 saturated carbocycles. The van der Waals surface area contributed by atoms with Gasteiger partial charge in [0.1, 0.15) is 0 Å². The Labute approximate surface area is 132 Å². The molecule has 2 aliphatic rings. The third-order valence-corrected chi connectivity index (χ3v) is 5.15. The van der Waals surface area contributed by atoms with Crippen molar-refractivity contribution in [1.29, 1.82) is 0 Å². The number of hydrogen-bond acceptors (Lipinski definition) is 2. The molecule has 2 unspecified atom stereocenters. The van der Waals surface area contributed by atoms with Crippen molar-refractivity contribution >= 4 is 34.4 Å². The van der Waals surface area contributed by atoms with Crippen molar-refractivity contribution in [3.05, 3.63) is 33.4 Å². The summed E-state index contributed by atoms with van der Waals surface area (Å²) in [6, 6.07) is 7.96. The van der Waals surface area contributed by atoms with Gasteiger partial charge in [0.15, 0.2) is 0 Å². The summed E-state index contributed by atoms with van der Waals surface area (Å²) in [5, 5.41) is 3.05. The van der Waals surface area contributed by atoms with E-state index in [9.17, 15) is 9.59 Å². The van der Waals surface area contributed by atoms with E-state index in [4.69, 9.17) is 0 Å². The molecule has 2 saturated heterocycles. The van der Waals surface area contributed by atoms with Crippen LogP contribution in [0.3, 0.4) is 0 Å². The van der Waals surface area contributed by atoms with Gasteiger partial charge in [-0.3, -0.25) is 9.59 Å². The molecule has 0 spiro atoms. The molecule has 2 fully saturated rings. The van der Waals surface area contributed by atoms with Gasteiger partial charge in [0, 0.05) is 29.1 Å². The minimum absolute atomic E-state index is 0.116. The van der Waals surface area contributed by atoms with E-state index in [1.807, 2.05) is 29.2 Å². The van der Waals surface area contributed by atoms with Crippen LogP contribution in [0.15, 0.2) is 24.3 Å². The van der Waals surface area contributed by atoms with Gasteiger partial charge in [-0.1, -0.05) is 12.1 Å². The lowest BCUT2D eigenvalue weighted by Gasteiger charge is -2.41. The van der Waals surface area contributed by atoms with Crippen molar-refractivity contribution in [2.24, 2.45) is 5.92 Å².